The number of nitrogens with one attached hydrogen (secondary N) is 1. The lowest BCUT2D eigenvalue weighted by Crippen LogP contribution is -2.45. The summed E-state index contributed by atoms with van der Waals surface area (Å²) >= 11 is 0. The molecule has 0 unspecified atom stereocenters. The third-order valence-corrected chi connectivity index (χ3v) is 5.79. The number of nitrogens with zero attached hydrogens (tertiary/aromatic N) is 3. The first-order chi connectivity index (χ1) is 12.6. The molecule has 0 radical (unpaired) electrons. The Morgan fingerprint density at radius 3 is 2.58 bits per heavy atom. The fraction of sp³-hybridized carbons (Fsp3) is 0.750. The molecule has 3 rings (SSSR count). The molecule has 1 aromatic rings. The van der Waals surface area contributed by atoms with E-state index in [1.807, 2.05) is 18.0 Å². The maximum absolute atomic E-state index is 13.1. The van der Waals surface area contributed by atoms with Crippen LogP contribution in [0.1, 0.15) is 63.3 Å². The number of carbonyl (C=O) groups excluding carboxylic acids is 2. The van der Waals surface area contributed by atoms with Crippen LogP contribution in [0.3, 0.4) is 0 Å². The molecule has 2 atom stereocenters. The van der Waals surface area contributed by atoms with Gasteiger partial charge in [0.2, 0.25) is 11.8 Å². The van der Waals surface area contributed by atoms with E-state index < -0.39 is 0 Å². The number of rotatable bonds is 6. The minimum absolute atomic E-state index is 0.105. The van der Waals surface area contributed by atoms with Crippen molar-refractivity contribution in [2.45, 2.75) is 64.8 Å². The predicted octanol–water partition coefficient (Wildman–Crippen LogP) is 2.75. The summed E-state index contributed by atoms with van der Waals surface area (Å²) in [7, 11) is 1.84. The van der Waals surface area contributed by atoms with Gasteiger partial charge in [0.25, 0.3) is 0 Å². The molecule has 2 aliphatic rings. The number of hydrogen-bond acceptors (Lipinski definition) is 3. The van der Waals surface area contributed by atoms with Gasteiger partial charge in [-0.2, -0.15) is 5.10 Å². The first-order valence-electron chi connectivity index (χ1n) is 10.2. The molecule has 1 aliphatic heterocycles. The minimum Gasteiger partial charge on any atom is -0.342 e. The number of carbonyl (C=O) groups is 2. The van der Waals surface area contributed by atoms with E-state index >= 15 is 0 Å². The largest absolute Gasteiger partial charge is 0.342 e. The van der Waals surface area contributed by atoms with Crippen LogP contribution in [-0.2, 0) is 22.6 Å². The first kappa shape index (κ1) is 18.9. The van der Waals surface area contributed by atoms with Gasteiger partial charge in [-0.05, 0) is 38.2 Å². The van der Waals surface area contributed by atoms with Crippen LogP contribution in [0.2, 0.25) is 0 Å². The second-order valence-electron chi connectivity index (χ2n) is 7.86. The summed E-state index contributed by atoms with van der Waals surface area (Å²) in [6, 6.07) is 2.04. The van der Waals surface area contributed by atoms with Gasteiger partial charge < -0.3 is 9.80 Å². The van der Waals surface area contributed by atoms with Crippen molar-refractivity contribution in [1.82, 2.24) is 20.0 Å². The molecule has 1 N–H and O–H groups in total. The Bertz CT molecular complexity index is 621. The zero-order chi connectivity index (χ0) is 18.5. The molecule has 0 aromatic carbocycles. The van der Waals surface area contributed by atoms with E-state index in [1.54, 1.807) is 4.90 Å². The van der Waals surface area contributed by atoms with E-state index in [0.717, 1.165) is 75.8 Å². The van der Waals surface area contributed by atoms with Gasteiger partial charge in [0.05, 0.1) is 17.9 Å². The highest BCUT2D eigenvalue weighted by molar-refractivity contribution is 5.88. The highest BCUT2D eigenvalue weighted by Crippen LogP contribution is 2.33. The van der Waals surface area contributed by atoms with Crippen molar-refractivity contribution in [3.05, 3.63) is 17.5 Å². The zero-order valence-electron chi connectivity index (χ0n) is 16.2. The Kier molecular flexibility index (Phi) is 6.33. The monoisotopic (exact) mass is 360 g/mol. The zero-order valence-corrected chi connectivity index (χ0v) is 16.2. The normalized spacial score (nSPS) is 23.2. The molecule has 1 aliphatic carbocycles. The van der Waals surface area contributed by atoms with E-state index in [9.17, 15) is 9.59 Å². The maximum atomic E-state index is 13.1. The van der Waals surface area contributed by atoms with Crippen LogP contribution in [0.15, 0.2) is 6.07 Å². The summed E-state index contributed by atoms with van der Waals surface area (Å²) in [5.41, 5.74) is 2.01. The summed E-state index contributed by atoms with van der Waals surface area (Å²) < 4.78 is 0. The Morgan fingerprint density at radius 2 is 1.88 bits per heavy atom. The molecule has 0 spiro atoms. The fourth-order valence-corrected chi connectivity index (χ4v) is 4.39. The molecule has 6 heteroatoms. The lowest BCUT2D eigenvalue weighted by molar-refractivity contribution is -0.147. The summed E-state index contributed by atoms with van der Waals surface area (Å²) in [5.74, 6) is 0.0173. The van der Waals surface area contributed by atoms with Crippen LogP contribution >= 0.6 is 0 Å². The van der Waals surface area contributed by atoms with E-state index in [2.05, 4.69) is 17.1 Å². The van der Waals surface area contributed by atoms with E-state index in [4.69, 9.17) is 0 Å². The molecule has 2 fully saturated rings. The lowest BCUT2D eigenvalue weighted by Gasteiger charge is -2.34. The van der Waals surface area contributed by atoms with Gasteiger partial charge in [-0.3, -0.25) is 14.7 Å². The van der Waals surface area contributed by atoms with Crippen LogP contribution in [0.25, 0.3) is 0 Å². The van der Waals surface area contributed by atoms with Gasteiger partial charge in [0.1, 0.15) is 0 Å². The summed E-state index contributed by atoms with van der Waals surface area (Å²) in [5, 5.41) is 7.34. The van der Waals surface area contributed by atoms with Crippen molar-refractivity contribution >= 4 is 11.8 Å². The number of amides is 2. The Balaban J connectivity index is 1.63. The average Bonchev–Trinajstić information content (AvgIpc) is 3.33. The first-order valence-corrected chi connectivity index (χ1v) is 10.2. The van der Waals surface area contributed by atoms with Crippen LogP contribution in [0.4, 0.5) is 0 Å². The molecule has 0 bridgehead atoms. The molecule has 2 heterocycles. The molecule has 1 saturated heterocycles. The quantitative estimate of drug-likeness (QED) is 0.848. The van der Waals surface area contributed by atoms with Gasteiger partial charge in [0.15, 0.2) is 0 Å². The third kappa shape index (κ3) is 4.27. The molecular formula is C20H32N4O2. The average molecular weight is 361 g/mol. The van der Waals surface area contributed by atoms with Crippen LogP contribution in [0, 0.1) is 11.8 Å². The maximum Gasteiger partial charge on any atom is 0.226 e. The number of aromatic amines is 1. The van der Waals surface area contributed by atoms with Crippen molar-refractivity contribution in [3.63, 3.8) is 0 Å². The second kappa shape index (κ2) is 8.69. The van der Waals surface area contributed by atoms with E-state index in [0.29, 0.717) is 6.54 Å². The van der Waals surface area contributed by atoms with Crippen LogP contribution in [-0.4, -0.2) is 51.9 Å². The number of H-pyrrole nitrogens is 1. The Morgan fingerprint density at radius 1 is 1.19 bits per heavy atom. The van der Waals surface area contributed by atoms with Crippen molar-refractivity contribution in [2.75, 3.05) is 20.1 Å². The molecule has 1 aromatic heterocycles. The molecule has 6 nitrogen and oxygen atoms in total. The Hall–Kier alpha value is -1.85. The lowest BCUT2D eigenvalue weighted by atomic mass is 9.77. The highest BCUT2D eigenvalue weighted by atomic mass is 16.2. The SMILES string of the molecule is CCCc1cc(CN(C)C(=O)[C@H]2CCCC[C@H]2C(=O)N2CCCC2)[nH]n1. The smallest absolute Gasteiger partial charge is 0.226 e. The molecule has 2 amide bonds. The van der Waals surface area contributed by atoms with Crippen molar-refractivity contribution in [2.24, 2.45) is 11.8 Å². The standard InChI is InChI=1S/C20H32N4O2/c1-3-8-15-13-16(22-21-15)14-23(2)19(25)17-9-4-5-10-18(17)20(26)24-11-6-7-12-24/h13,17-18H,3-12,14H2,1-2H3,(H,21,22)/t17-,18+/m0/s1. The van der Waals surface area contributed by atoms with Crippen molar-refractivity contribution in [1.29, 1.82) is 0 Å². The summed E-state index contributed by atoms with van der Waals surface area (Å²) in [6.45, 7) is 4.38. The number of hydrogen-bond donors (Lipinski definition) is 1. The third-order valence-electron chi connectivity index (χ3n) is 5.79. The van der Waals surface area contributed by atoms with Gasteiger partial charge in [0, 0.05) is 32.0 Å². The van der Waals surface area contributed by atoms with Gasteiger partial charge in [-0.25, -0.2) is 0 Å². The highest BCUT2D eigenvalue weighted by Gasteiger charge is 2.39. The predicted molar refractivity (Wildman–Crippen MR) is 100 cm³/mol. The summed E-state index contributed by atoms with van der Waals surface area (Å²) in [6.07, 6.45) is 7.97. The number of aromatic nitrogens is 2. The topological polar surface area (TPSA) is 69.3 Å². The van der Waals surface area contributed by atoms with E-state index in [1.165, 1.54) is 0 Å². The Labute approximate surface area is 156 Å². The van der Waals surface area contributed by atoms with Gasteiger partial charge in [-0.1, -0.05) is 26.2 Å². The van der Waals surface area contributed by atoms with Gasteiger partial charge in [-0.15, -0.1) is 0 Å². The van der Waals surface area contributed by atoms with Gasteiger partial charge >= 0.3 is 0 Å². The van der Waals surface area contributed by atoms with E-state index in [-0.39, 0.29) is 23.7 Å². The fourth-order valence-electron chi connectivity index (χ4n) is 4.39. The number of aryl methyl sites for hydroxylation is 1. The second-order valence-corrected chi connectivity index (χ2v) is 7.86. The molecule has 144 valence electrons. The molecule has 1 saturated carbocycles. The summed E-state index contributed by atoms with van der Waals surface area (Å²) in [4.78, 5) is 29.7. The minimum atomic E-state index is -0.167. The van der Waals surface area contributed by atoms with Crippen LogP contribution in [0.5, 0.6) is 0 Å². The van der Waals surface area contributed by atoms with Crippen molar-refractivity contribution < 1.29 is 9.59 Å². The van der Waals surface area contributed by atoms with Crippen LogP contribution < -0.4 is 0 Å². The van der Waals surface area contributed by atoms with Crippen molar-refractivity contribution in [3.8, 4) is 0 Å². The molecule has 26 heavy (non-hydrogen) atoms. The molecular weight excluding hydrogens is 328 g/mol. The number of likely N-dealkylation sites (tertiary alicyclic amines) is 1.